The molecule has 5 N–H and O–H groups in total. The highest BCUT2D eigenvalue weighted by Gasteiger charge is 2.52. The number of hydrogen-bond donors (Lipinski definition) is 3. The lowest BCUT2D eigenvalue weighted by Gasteiger charge is -2.32. The third-order valence-corrected chi connectivity index (χ3v) is 4.46. The Morgan fingerprint density at radius 1 is 1.17 bits per heavy atom. The second-order valence-electron chi connectivity index (χ2n) is 6.62. The van der Waals surface area contributed by atoms with Crippen molar-refractivity contribution < 1.29 is 14.5 Å². The van der Waals surface area contributed by atoms with Gasteiger partial charge in [0.15, 0.2) is 5.84 Å². The lowest BCUT2D eigenvalue weighted by atomic mass is 9.77. The Morgan fingerprint density at radius 2 is 1.70 bits per heavy atom. The van der Waals surface area contributed by atoms with Crippen LogP contribution in [0.4, 0.5) is 0 Å². The average Bonchev–Trinajstić information content (AvgIpc) is 2.72. The van der Waals surface area contributed by atoms with Gasteiger partial charge >= 0.3 is 7.12 Å². The van der Waals surface area contributed by atoms with Gasteiger partial charge in [0.05, 0.1) is 11.2 Å². The molecule has 0 aliphatic carbocycles. The molecule has 1 aromatic carbocycles. The van der Waals surface area contributed by atoms with Crippen molar-refractivity contribution in [2.75, 3.05) is 6.54 Å². The molecule has 1 aliphatic heterocycles. The molecule has 0 unspecified atom stereocenters. The molecular weight excluding hydrogens is 293 g/mol. The van der Waals surface area contributed by atoms with Crippen molar-refractivity contribution in [1.82, 2.24) is 0 Å². The van der Waals surface area contributed by atoms with Crippen molar-refractivity contribution in [3.63, 3.8) is 0 Å². The van der Waals surface area contributed by atoms with Crippen LogP contribution in [0.2, 0.25) is 0 Å². The highest BCUT2D eigenvalue weighted by molar-refractivity contribution is 6.55. The van der Waals surface area contributed by atoms with Gasteiger partial charge in [0.25, 0.3) is 0 Å². The van der Waals surface area contributed by atoms with Gasteiger partial charge in [-0.2, -0.15) is 0 Å². The zero-order chi connectivity index (χ0) is 17.3. The summed E-state index contributed by atoms with van der Waals surface area (Å²) in [6, 6.07) is 7.29. The van der Waals surface area contributed by atoms with E-state index in [2.05, 4.69) is 5.16 Å². The number of nitrogens with two attached hydrogens (primary N) is 2. The van der Waals surface area contributed by atoms with E-state index in [9.17, 15) is 0 Å². The predicted octanol–water partition coefficient (Wildman–Crippen LogP) is 1.75. The van der Waals surface area contributed by atoms with Crippen molar-refractivity contribution in [3.8, 4) is 0 Å². The summed E-state index contributed by atoms with van der Waals surface area (Å²) < 4.78 is 12.1. The number of benzene rings is 1. The molecule has 0 atom stereocenters. The number of amidine groups is 1. The lowest BCUT2D eigenvalue weighted by Crippen LogP contribution is -2.41. The number of hydrogen-bond acceptors (Lipinski definition) is 5. The molecule has 124 valence electrons. The first-order valence-electron chi connectivity index (χ1n) is 7.54. The second-order valence-corrected chi connectivity index (χ2v) is 6.62. The Labute approximate surface area is 137 Å². The van der Waals surface area contributed by atoms with E-state index in [4.69, 9.17) is 26.0 Å². The summed E-state index contributed by atoms with van der Waals surface area (Å²) in [4.78, 5) is 0. The summed E-state index contributed by atoms with van der Waals surface area (Å²) in [5.41, 5.74) is 13.1. The van der Waals surface area contributed by atoms with E-state index in [1.165, 1.54) is 0 Å². The van der Waals surface area contributed by atoms with Gasteiger partial charge < -0.3 is 26.0 Å². The molecule has 1 aromatic rings. The fourth-order valence-corrected chi connectivity index (χ4v) is 2.24. The Hall–Kier alpha value is -1.83. The van der Waals surface area contributed by atoms with Crippen LogP contribution in [-0.4, -0.2) is 35.9 Å². The van der Waals surface area contributed by atoms with Crippen molar-refractivity contribution >= 4 is 19.0 Å². The Balaban J connectivity index is 2.23. The topological polar surface area (TPSA) is 103 Å². The molecule has 0 spiro atoms. The molecule has 2 rings (SSSR count). The maximum Gasteiger partial charge on any atom is 0.491 e. The summed E-state index contributed by atoms with van der Waals surface area (Å²) >= 11 is 0. The van der Waals surface area contributed by atoms with Crippen LogP contribution in [-0.2, 0) is 9.31 Å². The molecule has 1 saturated heterocycles. The van der Waals surface area contributed by atoms with Crippen molar-refractivity contribution in [2.24, 2.45) is 16.6 Å². The SMILES string of the molecule is CC1(C)OB(C(=Cc2ccc(C(N)=NO)cc2)CN)OC1(C)C. The molecular formula is C16H24BN3O3. The van der Waals surface area contributed by atoms with Crippen LogP contribution >= 0.6 is 0 Å². The largest absolute Gasteiger partial charge is 0.491 e. The third-order valence-electron chi connectivity index (χ3n) is 4.46. The van der Waals surface area contributed by atoms with E-state index >= 15 is 0 Å². The van der Waals surface area contributed by atoms with E-state index in [1.54, 1.807) is 12.1 Å². The Morgan fingerprint density at radius 3 is 2.13 bits per heavy atom. The van der Waals surface area contributed by atoms with Gasteiger partial charge in [-0.25, -0.2) is 0 Å². The van der Waals surface area contributed by atoms with Gasteiger partial charge in [-0.1, -0.05) is 35.5 Å². The van der Waals surface area contributed by atoms with E-state index in [1.807, 2.05) is 45.9 Å². The van der Waals surface area contributed by atoms with Crippen LogP contribution < -0.4 is 11.5 Å². The average molecular weight is 317 g/mol. The lowest BCUT2D eigenvalue weighted by molar-refractivity contribution is 0.00578. The summed E-state index contributed by atoms with van der Waals surface area (Å²) in [5, 5.41) is 11.7. The van der Waals surface area contributed by atoms with Crippen LogP contribution in [0.25, 0.3) is 6.08 Å². The van der Waals surface area contributed by atoms with Crippen molar-refractivity contribution in [1.29, 1.82) is 0 Å². The minimum absolute atomic E-state index is 0.0746. The van der Waals surface area contributed by atoms with Crippen LogP contribution in [0, 0.1) is 0 Å². The first-order chi connectivity index (χ1) is 10.7. The van der Waals surface area contributed by atoms with Gasteiger partial charge in [-0.3, -0.25) is 0 Å². The van der Waals surface area contributed by atoms with Crippen LogP contribution in [0.15, 0.2) is 34.9 Å². The van der Waals surface area contributed by atoms with Gasteiger partial charge in [0.2, 0.25) is 0 Å². The Bertz CT molecular complexity index is 608. The standard InChI is InChI=1S/C16H24BN3O3/c1-15(2)16(3,4)23-17(22-15)13(10-18)9-11-5-7-12(8-6-11)14(19)20-21/h5-9,21H,10,18H2,1-4H3,(H2,19,20). The van der Waals surface area contributed by atoms with Crippen LogP contribution in [0.3, 0.4) is 0 Å². The maximum atomic E-state index is 8.68. The van der Waals surface area contributed by atoms with E-state index in [0.29, 0.717) is 12.1 Å². The minimum atomic E-state index is -0.464. The number of oxime groups is 1. The van der Waals surface area contributed by atoms with Crippen molar-refractivity contribution in [2.45, 2.75) is 38.9 Å². The summed E-state index contributed by atoms with van der Waals surface area (Å²) in [7, 11) is -0.464. The van der Waals surface area contributed by atoms with Gasteiger partial charge in [-0.15, -0.1) is 0 Å². The molecule has 23 heavy (non-hydrogen) atoms. The summed E-state index contributed by atoms with van der Waals surface area (Å²) in [6.45, 7) is 8.36. The fourth-order valence-electron chi connectivity index (χ4n) is 2.24. The molecule has 1 fully saturated rings. The molecule has 1 aliphatic rings. The van der Waals surface area contributed by atoms with Crippen molar-refractivity contribution in [3.05, 3.63) is 40.9 Å². The summed E-state index contributed by atoms with van der Waals surface area (Å²) in [6.07, 6.45) is 1.94. The number of nitrogens with zero attached hydrogens (tertiary/aromatic N) is 1. The molecule has 0 saturated carbocycles. The first kappa shape index (κ1) is 17.5. The highest BCUT2D eigenvalue weighted by atomic mass is 16.7. The smallest absolute Gasteiger partial charge is 0.409 e. The normalized spacial score (nSPS) is 20.8. The fraction of sp³-hybridized carbons (Fsp3) is 0.438. The molecule has 1 heterocycles. The maximum absolute atomic E-state index is 8.68. The highest BCUT2D eigenvalue weighted by Crippen LogP contribution is 2.38. The molecule has 0 amide bonds. The first-order valence-corrected chi connectivity index (χ1v) is 7.54. The van der Waals surface area contributed by atoms with Gasteiger partial charge in [0, 0.05) is 12.1 Å². The van der Waals surface area contributed by atoms with E-state index in [0.717, 1.165) is 11.0 Å². The van der Waals surface area contributed by atoms with Gasteiger partial charge in [-0.05, 0) is 38.7 Å². The quantitative estimate of drug-likeness (QED) is 0.258. The van der Waals surface area contributed by atoms with Crippen LogP contribution in [0.5, 0.6) is 0 Å². The molecule has 0 bridgehead atoms. The molecule has 7 heteroatoms. The zero-order valence-corrected chi connectivity index (χ0v) is 14.0. The summed E-state index contributed by atoms with van der Waals surface area (Å²) in [5.74, 6) is 0.0746. The predicted molar refractivity (Wildman–Crippen MR) is 92.1 cm³/mol. The van der Waals surface area contributed by atoms with Gasteiger partial charge in [0.1, 0.15) is 0 Å². The van der Waals surface area contributed by atoms with Crippen LogP contribution in [0.1, 0.15) is 38.8 Å². The molecule has 6 nitrogen and oxygen atoms in total. The van der Waals surface area contributed by atoms with E-state index < -0.39 is 18.3 Å². The zero-order valence-electron chi connectivity index (χ0n) is 14.0. The Kier molecular flexibility index (Phi) is 4.84. The molecule has 0 radical (unpaired) electrons. The van der Waals surface area contributed by atoms with E-state index in [-0.39, 0.29) is 5.84 Å². The number of rotatable bonds is 4. The second kappa shape index (κ2) is 6.35. The molecule has 0 aromatic heterocycles. The third kappa shape index (κ3) is 3.58. The minimum Gasteiger partial charge on any atom is -0.409 e. The monoisotopic (exact) mass is 317 g/mol.